The molecule has 3 heterocycles. The average Bonchev–Trinajstić information content (AvgIpc) is 3.35. The number of anilines is 2. The molecule has 1 fully saturated rings. The lowest BCUT2D eigenvalue weighted by Gasteiger charge is -2.20. The molecule has 2 aromatic carbocycles. The first-order chi connectivity index (χ1) is 20.0. The third-order valence-corrected chi connectivity index (χ3v) is 6.53. The Labute approximate surface area is 237 Å². The lowest BCUT2D eigenvalue weighted by molar-refractivity contribution is 0.0741. The van der Waals surface area contributed by atoms with Crippen molar-refractivity contribution in [1.29, 1.82) is 5.26 Å². The van der Waals surface area contributed by atoms with E-state index < -0.39 is 0 Å². The highest BCUT2D eigenvalue weighted by molar-refractivity contribution is 5.95. The maximum absolute atomic E-state index is 13.0. The number of hydrogen-bond acceptors (Lipinski definition) is 10. The molecule has 0 spiro atoms. The van der Waals surface area contributed by atoms with Crippen molar-refractivity contribution in [3.8, 4) is 28.7 Å². The first-order valence-electron chi connectivity index (χ1n) is 13.2. The number of ether oxygens (including phenoxy) is 3. The van der Waals surface area contributed by atoms with Crippen LogP contribution in [-0.4, -0.2) is 75.1 Å². The number of carbonyl (C=O) groups is 1. The molecule has 0 bridgehead atoms. The Kier molecular flexibility index (Phi) is 8.66. The lowest BCUT2D eigenvalue weighted by Crippen LogP contribution is -2.33. The molecule has 12 nitrogen and oxygen atoms in total. The molecule has 1 saturated heterocycles. The SMILES string of the molecule is COc1cc(C(=O)N2CCCOCC2)ccc1Nc1ncc(-c2ccc(C#N)c(OC(C)Cn3cncn3)c2)cn1. The van der Waals surface area contributed by atoms with E-state index in [1.165, 1.54) is 6.33 Å². The molecule has 210 valence electrons. The molecule has 1 aliphatic heterocycles. The van der Waals surface area contributed by atoms with E-state index in [9.17, 15) is 10.1 Å². The molecule has 12 heteroatoms. The van der Waals surface area contributed by atoms with Gasteiger partial charge in [-0.15, -0.1) is 0 Å². The van der Waals surface area contributed by atoms with Crippen LogP contribution >= 0.6 is 0 Å². The quantitative estimate of drug-likeness (QED) is 0.326. The summed E-state index contributed by atoms with van der Waals surface area (Å²) < 4.78 is 18.7. The van der Waals surface area contributed by atoms with E-state index in [0.717, 1.165) is 17.5 Å². The standard InChI is InChI=1S/C29H30N8O4/c1-20(17-37-19-31-18-34-37)41-26-12-21(4-5-23(26)14-30)24-15-32-29(33-16-24)35-25-7-6-22(13-27(25)39-2)28(38)36-8-3-10-40-11-9-36/h4-7,12-13,15-16,18-20H,3,8-11,17H2,1-2H3,(H,32,33,35). The second kappa shape index (κ2) is 12.9. The minimum atomic E-state index is -0.239. The number of nitrogens with one attached hydrogen (secondary N) is 1. The highest BCUT2D eigenvalue weighted by atomic mass is 16.5. The lowest BCUT2D eigenvalue weighted by atomic mass is 10.1. The third kappa shape index (κ3) is 6.77. The average molecular weight is 555 g/mol. The molecule has 1 amide bonds. The molecular formula is C29H30N8O4. The van der Waals surface area contributed by atoms with Crippen LogP contribution in [-0.2, 0) is 11.3 Å². The Morgan fingerprint density at radius 3 is 2.73 bits per heavy atom. The minimum absolute atomic E-state index is 0.0560. The van der Waals surface area contributed by atoms with Gasteiger partial charge in [0.05, 0.1) is 31.5 Å². The number of hydrogen-bond donors (Lipinski definition) is 1. The fraction of sp³-hybridized carbons (Fsp3) is 0.310. The van der Waals surface area contributed by atoms with Gasteiger partial charge in [-0.2, -0.15) is 10.4 Å². The molecule has 1 N–H and O–H groups in total. The van der Waals surface area contributed by atoms with E-state index in [4.69, 9.17) is 14.2 Å². The summed E-state index contributed by atoms with van der Waals surface area (Å²) in [4.78, 5) is 27.7. The second-order valence-corrected chi connectivity index (χ2v) is 9.46. The van der Waals surface area contributed by atoms with Gasteiger partial charge in [0.15, 0.2) is 0 Å². The summed E-state index contributed by atoms with van der Waals surface area (Å²) in [5.41, 5.74) is 3.16. The molecule has 1 atom stereocenters. The van der Waals surface area contributed by atoms with E-state index in [1.807, 2.05) is 13.0 Å². The number of nitriles is 1. The Balaban J connectivity index is 1.28. The zero-order chi connectivity index (χ0) is 28.6. The van der Waals surface area contributed by atoms with Crippen molar-refractivity contribution in [2.75, 3.05) is 38.7 Å². The molecule has 1 aliphatic rings. The zero-order valence-corrected chi connectivity index (χ0v) is 22.9. The van der Waals surface area contributed by atoms with E-state index in [-0.39, 0.29) is 12.0 Å². The fourth-order valence-corrected chi connectivity index (χ4v) is 4.46. The van der Waals surface area contributed by atoms with Crippen molar-refractivity contribution in [3.63, 3.8) is 0 Å². The molecule has 0 radical (unpaired) electrons. The first-order valence-corrected chi connectivity index (χ1v) is 13.2. The molecular weight excluding hydrogens is 524 g/mol. The van der Waals surface area contributed by atoms with Crippen LogP contribution in [0.15, 0.2) is 61.4 Å². The summed E-state index contributed by atoms with van der Waals surface area (Å²) in [6.07, 6.45) is 7.03. The van der Waals surface area contributed by atoms with E-state index in [1.54, 1.807) is 65.7 Å². The van der Waals surface area contributed by atoms with Gasteiger partial charge in [-0.05, 0) is 49.2 Å². The Hall–Kier alpha value is -5.02. The predicted molar refractivity (Wildman–Crippen MR) is 150 cm³/mol. The third-order valence-electron chi connectivity index (χ3n) is 6.53. The molecule has 41 heavy (non-hydrogen) atoms. The molecule has 2 aromatic heterocycles. The monoisotopic (exact) mass is 554 g/mol. The number of aromatic nitrogens is 5. The summed E-state index contributed by atoms with van der Waals surface area (Å²) in [6.45, 7) is 4.82. The van der Waals surface area contributed by atoms with Gasteiger partial charge < -0.3 is 24.4 Å². The number of benzene rings is 2. The van der Waals surface area contributed by atoms with Gasteiger partial charge in [0, 0.05) is 43.2 Å². The van der Waals surface area contributed by atoms with E-state index in [2.05, 4.69) is 31.4 Å². The molecule has 1 unspecified atom stereocenters. The van der Waals surface area contributed by atoms with Crippen molar-refractivity contribution < 1.29 is 19.0 Å². The fourth-order valence-electron chi connectivity index (χ4n) is 4.46. The smallest absolute Gasteiger partial charge is 0.254 e. The van der Waals surface area contributed by atoms with Gasteiger partial charge in [-0.1, -0.05) is 6.07 Å². The summed E-state index contributed by atoms with van der Waals surface area (Å²) in [6, 6.07) is 12.8. The highest BCUT2D eigenvalue weighted by Gasteiger charge is 2.19. The molecule has 5 rings (SSSR count). The number of carbonyl (C=O) groups excluding carboxylic acids is 1. The van der Waals surface area contributed by atoms with Crippen molar-refractivity contribution in [3.05, 3.63) is 72.6 Å². The van der Waals surface area contributed by atoms with Gasteiger partial charge in [0.25, 0.3) is 5.91 Å². The van der Waals surface area contributed by atoms with Crippen molar-refractivity contribution >= 4 is 17.5 Å². The summed E-state index contributed by atoms with van der Waals surface area (Å²) in [5, 5.41) is 16.8. The Morgan fingerprint density at radius 1 is 1.12 bits per heavy atom. The van der Waals surface area contributed by atoms with Gasteiger partial charge in [-0.25, -0.2) is 19.6 Å². The van der Waals surface area contributed by atoms with Crippen LogP contribution in [0.25, 0.3) is 11.1 Å². The van der Waals surface area contributed by atoms with Gasteiger partial charge >= 0.3 is 0 Å². The van der Waals surface area contributed by atoms with Crippen LogP contribution in [0.3, 0.4) is 0 Å². The van der Waals surface area contributed by atoms with Crippen LogP contribution in [0.4, 0.5) is 11.6 Å². The van der Waals surface area contributed by atoms with Gasteiger partial charge in [0.1, 0.15) is 36.3 Å². The highest BCUT2D eigenvalue weighted by Crippen LogP contribution is 2.30. The Bertz CT molecular complexity index is 1510. The Morgan fingerprint density at radius 2 is 1.98 bits per heavy atom. The van der Waals surface area contributed by atoms with Crippen LogP contribution in [0.5, 0.6) is 11.5 Å². The van der Waals surface area contributed by atoms with Crippen LogP contribution in [0.2, 0.25) is 0 Å². The molecule has 4 aromatic rings. The zero-order valence-electron chi connectivity index (χ0n) is 22.9. The van der Waals surface area contributed by atoms with Crippen molar-refractivity contribution in [2.24, 2.45) is 0 Å². The number of amides is 1. The van der Waals surface area contributed by atoms with E-state index >= 15 is 0 Å². The largest absolute Gasteiger partial charge is 0.495 e. The van der Waals surface area contributed by atoms with Crippen LogP contribution in [0.1, 0.15) is 29.3 Å². The predicted octanol–water partition coefficient (Wildman–Crippen LogP) is 3.69. The second-order valence-electron chi connectivity index (χ2n) is 9.46. The minimum Gasteiger partial charge on any atom is -0.495 e. The number of rotatable bonds is 9. The normalized spacial score (nSPS) is 14.0. The number of nitrogens with zero attached hydrogens (tertiary/aromatic N) is 7. The summed E-state index contributed by atoms with van der Waals surface area (Å²) in [7, 11) is 1.55. The number of methoxy groups -OCH3 is 1. The summed E-state index contributed by atoms with van der Waals surface area (Å²) in [5.74, 6) is 1.28. The first kappa shape index (κ1) is 27.5. The molecule has 0 aliphatic carbocycles. The molecule has 0 saturated carbocycles. The van der Waals surface area contributed by atoms with Crippen molar-refractivity contribution in [2.45, 2.75) is 26.0 Å². The van der Waals surface area contributed by atoms with Gasteiger partial charge in [-0.3, -0.25) is 4.79 Å². The maximum Gasteiger partial charge on any atom is 0.254 e. The van der Waals surface area contributed by atoms with Crippen molar-refractivity contribution in [1.82, 2.24) is 29.6 Å². The van der Waals surface area contributed by atoms with Crippen LogP contribution < -0.4 is 14.8 Å². The van der Waals surface area contributed by atoms with E-state index in [0.29, 0.717) is 67.1 Å². The summed E-state index contributed by atoms with van der Waals surface area (Å²) >= 11 is 0. The van der Waals surface area contributed by atoms with Gasteiger partial charge in [0.2, 0.25) is 5.95 Å². The maximum atomic E-state index is 13.0. The topological polar surface area (TPSA) is 140 Å². The van der Waals surface area contributed by atoms with Crippen LogP contribution in [0, 0.1) is 11.3 Å².